The van der Waals surface area contributed by atoms with Crippen molar-refractivity contribution in [2.45, 2.75) is 26.4 Å². The first-order chi connectivity index (χ1) is 10.5. The summed E-state index contributed by atoms with van der Waals surface area (Å²) in [6.45, 7) is 3.08. The Hall–Kier alpha value is -2.25. The van der Waals surface area contributed by atoms with Crippen molar-refractivity contribution in [2.24, 2.45) is 5.41 Å². The number of nitrogens with zero attached hydrogens (tertiary/aromatic N) is 1. The summed E-state index contributed by atoms with van der Waals surface area (Å²) in [4.78, 5) is 24.7. The van der Waals surface area contributed by atoms with E-state index < -0.39 is 29.2 Å². The van der Waals surface area contributed by atoms with E-state index in [1.54, 1.807) is 0 Å². The number of hydrogen-bond donors (Lipinski definition) is 2. The molecule has 2 N–H and O–H groups in total. The van der Waals surface area contributed by atoms with E-state index >= 15 is 0 Å². The molecule has 0 aliphatic carbocycles. The molecule has 126 valence electrons. The molecular weight excluding hydrogens is 313 g/mol. The summed E-state index contributed by atoms with van der Waals surface area (Å²) < 4.78 is 38.6. The van der Waals surface area contributed by atoms with Gasteiger partial charge in [0, 0.05) is 18.8 Å². The van der Waals surface area contributed by atoms with Gasteiger partial charge in [0.15, 0.2) is 0 Å². The van der Waals surface area contributed by atoms with E-state index in [1.165, 1.54) is 30.9 Å². The number of rotatable bonds is 2. The fourth-order valence-corrected chi connectivity index (χ4v) is 2.58. The molecule has 0 radical (unpaired) electrons. The highest BCUT2D eigenvalue weighted by atomic mass is 19.4. The Morgan fingerprint density at radius 2 is 2.00 bits per heavy atom. The van der Waals surface area contributed by atoms with Crippen LogP contribution < -0.4 is 5.32 Å². The normalized spacial score (nSPS) is 21.3. The maximum Gasteiger partial charge on any atom is 0.416 e. The summed E-state index contributed by atoms with van der Waals surface area (Å²) in [5, 5.41) is 11.6. The molecule has 1 aromatic carbocycles. The molecular formula is C15H17F3N2O3. The van der Waals surface area contributed by atoms with Gasteiger partial charge in [0.05, 0.1) is 11.0 Å². The first-order valence-electron chi connectivity index (χ1n) is 7.01. The molecule has 0 bridgehead atoms. The number of amides is 2. The van der Waals surface area contributed by atoms with Crippen LogP contribution in [-0.4, -0.2) is 35.1 Å². The van der Waals surface area contributed by atoms with Gasteiger partial charge in [-0.25, -0.2) is 4.79 Å². The van der Waals surface area contributed by atoms with Gasteiger partial charge in [0.25, 0.3) is 0 Å². The summed E-state index contributed by atoms with van der Waals surface area (Å²) in [6.07, 6.45) is -4.20. The summed E-state index contributed by atoms with van der Waals surface area (Å²) in [6, 6.07) is 2.95. The summed E-state index contributed by atoms with van der Waals surface area (Å²) in [7, 11) is 0. The van der Waals surface area contributed by atoms with Crippen LogP contribution in [0.4, 0.5) is 23.7 Å². The molecule has 1 aliphatic heterocycles. The van der Waals surface area contributed by atoms with E-state index in [-0.39, 0.29) is 24.3 Å². The van der Waals surface area contributed by atoms with Crippen LogP contribution in [0.15, 0.2) is 18.2 Å². The quantitative estimate of drug-likeness (QED) is 0.874. The minimum Gasteiger partial charge on any atom is -0.481 e. The van der Waals surface area contributed by atoms with Gasteiger partial charge in [-0.3, -0.25) is 4.79 Å². The van der Waals surface area contributed by atoms with Crippen LogP contribution in [0.3, 0.4) is 0 Å². The Balaban J connectivity index is 2.15. The number of nitrogens with one attached hydrogen (secondary N) is 1. The molecule has 0 spiro atoms. The van der Waals surface area contributed by atoms with Crippen LogP contribution in [0.1, 0.15) is 24.5 Å². The molecule has 1 fully saturated rings. The number of carboxylic acid groups (broad SMARTS) is 1. The van der Waals surface area contributed by atoms with Crippen LogP contribution >= 0.6 is 0 Å². The zero-order chi connectivity index (χ0) is 17.4. The molecule has 1 saturated heterocycles. The second-order valence-electron chi connectivity index (χ2n) is 5.94. The number of halogens is 3. The Kier molecular flexibility index (Phi) is 4.28. The third-order valence-electron chi connectivity index (χ3n) is 4.16. The maximum absolute atomic E-state index is 12.9. The maximum atomic E-state index is 12.9. The van der Waals surface area contributed by atoms with E-state index in [4.69, 9.17) is 5.11 Å². The molecule has 5 nitrogen and oxygen atoms in total. The second kappa shape index (κ2) is 5.75. The van der Waals surface area contributed by atoms with E-state index in [1.807, 2.05) is 0 Å². The predicted octanol–water partition coefficient (Wildman–Crippen LogP) is 3.34. The monoisotopic (exact) mass is 330 g/mol. The Labute approximate surface area is 131 Å². The van der Waals surface area contributed by atoms with Gasteiger partial charge in [-0.15, -0.1) is 0 Å². The summed E-state index contributed by atoms with van der Waals surface area (Å²) in [5.41, 5.74) is -1.85. The molecule has 0 aromatic heterocycles. The topological polar surface area (TPSA) is 69.6 Å². The van der Waals surface area contributed by atoms with Crippen molar-refractivity contribution in [1.82, 2.24) is 4.90 Å². The molecule has 1 aliphatic rings. The van der Waals surface area contributed by atoms with Crippen molar-refractivity contribution in [1.29, 1.82) is 0 Å². The number of urea groups is 1. The molecule has 1 atom stereocenters. The molecule has 1 unspecified atom stereocenters. The summed E-state index contributed by atoms with van der Waals surface area (Å²) in [5.74, 6) is -0.997. The Morgan fingerprint density at radius 1 is 1.35 bits per heavy atom. The fraction of sp³-hybridized carbons (Fsp3) is 0.467. The average molecular weight is 330 g/mol. The highest BCUT2D eigenvalue weighted by Gasteiger charge is 2.42. The van der Waals surface area contributed by atoms with Gasteiger partial charge in [-0.1, -0.05) is 6.07 Å². The minimum atomic E-state index is -4.50. The number of anilines is 1. The van der Waals surface area contributed by atoms with Gasteiger partial charge >= 0.3 is 18.2 Å². The first-order valence-corrected chi connectivity index (χ1v) is 7.01. The molecule has 2 rings (SSSR count). The highest BCUT2D eigenvalue weighted by molar-refractivity contribution is 5.91. The second-order valence-corrected chi connectivity index (χ2v) is 5.94. The number of carbonyl (C=O) groups excluding carboxylic acids is 1. The lowest BCUT2D eigenvalue weighted by molar-refractivity contribution is -0.147. The van der Waals surface area contributed by atoms with E-state index in [9.17, 15) is 22.8 Å². The molecule has 23 heavy (non-hydrogen) atoms. The van der Waals surface area contributed by atoms with Gasteiger partial charge < -0.3 is 15.3 Å². The first kappa shape index (κ1) is 17.1. The van der Waals surface area contributed by atoms with Gasteiger partial charge in [-0.2, -0.15) is 13.2 Å². The number of hydrogen-bond acceptors (Lipinski definition) is 2. The Morgan fingerprint density at radius 3 is 2.52 bits per heavy atom. The van der Waals surface area contributed by atoms with Crippen LogP contribution in [0, 0.1) is 12.3 Å². The van der Waals surface area contributed by atoms with E-state index in [2.05, 4.69) is 5.32 Å². The number of likely N-dealkylation sites (tertiary alicyclic amines) is 1. The molecule has 1 aromatic rings. The van der Waals surface area contributed by atoms with E-state index in [0.29, 0.717) is 6.42 Å². The third kappa shape index (κ3) is 3.40. The van der Waals surface area contributed by atoms with Crippen molar-refractivity contribution < 1.29 is 27.9 Å². The van der Waals surface area contributed by atoms with Gasteiger partial charge in [-0.05, 0) is 38.0 Å². The van der Waals surface area contributed by atoms with Crippen molar-refractivity contribution in [2.75, 3.05) is 18.4 Å². The van der Waals surface area contributed by atoms with Crippen LogP contribution in [0.2, 0.25) is 0 Å². The average Bonchev–Trinajstić information content (AvgIpc) is 2.84. The standard InChI is InChI=1S/C15H17F3N2O3/c1-9-10(15(16,17)18)4-3-5-11(9)19-13(23)20-7-6-14(2,8-20)12(21)22/h3-5H,6-8H2,1-2H3,(H,19,23)(H,21,22). The predicted molar refractivity (Wildman–Crippen MR) is 77.1 cm³/mol. The highest BCUT2D eigenvalue weighted by Crippen LogP contribution is 2.35. The largest absolute Gasteiger partial charge is 0.481 e. The minimum absolute atomic E-state index is 0.0200. The fourth-order valence-electron chi connectivity index (χ4n) is 2.58. The lowest BCUT2D eigenvalue weighted by Crippen LogP contribution is -2.37. The lowest BCUT2D eigenvalue weighted by atomic mass is 9.90. The zero-order valence-corrected chi connectivity index (χ0v) is 12.7. The number of carboxylic acids is 1. The van der Waals surface area contributed by atoms with Crippen molar-refractivity contribution in [3.8, 4) is 0 Å². The van der Waals surface area contributed by atoms with Gasteiger partial charge in [0.2, 0.25) is 0 Å². The smallest absolute Gasteiger partial charge is 0.416 e. The van der Waals surface area contributed by atoms with Crippen molar-refractivity contribution in [3.05, 3.63) is 29.3 Å². The molecule has 8 heteroatoms. The zero-order valence-electron chi connectivity index (χ0n) is 12.7. The number of alkyl halides is 3. The lowest BCUT2D eigenvalue weighted by Gasteiger charge is -2.21. The number of benzene rings is 1. The van der Waals surface area contributed by atoms with Crippen LogP contribution in [0.25, 0.3) is 0 Å². The Bertz CT molecular complexity index is 645. The number of aliphatic carboxylic acids is 1. The SMILES string of the molecule is Cc1c(NC(=O)N2CCC(C)(C(=O)O)C2)cccc1C(F)(F)F. The molecule has 2 amide bonds. The van der Waals surface area contributed by atoms with Crippen molar-refractivity contribution >= 4 is 17.7 Å². The molecule has 0 saturated carbocycles. The third-order valence-corrected chi connectivity index (χ3v) is 4.16. The molecule has 1 heterocycles. The van der Waals surface area contributed by atoms with E-state index in [0.717, 1.165) is 6.07 Å². The number of carbonyl (C=O) groups is 2. The van der Waals surface area contributed by atoms with Crippen molar-refractivity contribution in [3.63, 3.8) is 0 Å². The summed E-state index contributed by atoms with van der Waals surface area (Å²) >= 11 is 0. The van der Waals surface area contributed by atoms with Crippen LogP contribution in [-0.2, 0) is 11.0 Å². The van der Waals surface area contributed by atoms with Gasteiger partial charge in [0.1, 0.15) is 0 Å². The van der Waals surface area contributed by atoms with Crippen LogP contribution in [0.5, 0.6) is 0 Å².